The molecule has 2 aromatic heterocycles. The predicted molar refractivity (Wildman–Crippen MR) is 180 cm³/mol. The Labute approximate surface area is 284 Å². The van der Waals surface area contributed by atoms with Crippen LogP contribution in [0.15, 0.2) is 61.1 Å². The maximum Gasteiger partial charge on any atom is 0.412 e. The first kappa shape index (κ1) is 35.1. The van der Waals surface area contributed by atoms with Crippen LogP contribution < -0.4 is 31.6 Å². The first-order chi connectivity index (χ1) is 23.4. The van der Waals surface area contributed by atoms with Gasteiger partial charge < -0.3 is 40.8 Å². The fourth-order valence-corrected chi connectivity index (χ4v) is 6.02. The fourth-order valence-electron chi connectivity index (χ4n) is 6.02. The number of nitrogens with zero attached hydrogens (tertiary/aromatic N) is 2. The molecule has 1 spiro atoms. The highest BCUT2D eigenvalue weighted by Crippen LogP contribution is 2.57. The molecule has 260 valence electrons. The van der Waals surface area contributed by atoms with Gasteiger partial charge in [0.25, 0.3) is 11.8 Å². The topological polar surface area (TPSA) is 210 Å². The summed E-state index contributed by atoms with van der Waals surface area (Å²) in [5.74, 6) is 0.274. The number of amides is 3. The molecule has 2 aliphatic rings. The molecule has 2 heterocycles. The zero-order valence-corrected chi connectivity index (χ0v) is 27.7. The highest BCUT2D eigenvalue weighted by molar-refractivity contribution is 6.18. The van der Waals surface area contributed by atoms with E-state index in [0.717, 1.165) is 36.8 Å². The van der Waals surface area contributed by atoms with Crippen molar-refractivity contribution >= 4 is 29.3 Å². The molecule has 49 heavy (non-hydrogen) atoms. The van der Waals surface area contributed by atoms with Crippen molar-refractivity contribution < 1.29 is 38.4 Å². The highest BCUT2D eigenvalue weighted by Gasteiger charge is 2.54. The van der Waals surface area contributed by atoms with Crippen molar-refractivity contribution in [2.24, 2.45) is 16.9 Å². The number of hydrogen-bond donors (Lipinski definition) is 5. The van der Waals surface area contributed by atoms with Gasteiger partial charge in [0.05, 0.1) is 41.3 Å². The molecule has 1 aromatic carbocycles. The quantitative estimate of drug-likeness (QED) is 0.124. The minimum atomic E-state index is -0.985. The van der Waals surface area contributed by atoms with Crippen molar-refractivity contribution in [1.29, 1.82) is 0 Å². The van der Waals surface area contributed by atoms with Crippen LogP contribution in [0, 0.1) is 5.41 Å². The van der Waals surface area contributed by atoms with Gasteiger partial charge in [0.15, 0.2) is 0 Å². The van der Waals surface area contributed by atoms with E-state index in [1.807, 2.05) is 0 Å². The zero-order chi connectivity index (χ0) is 35.2. The number of carbonyl (C=O) groups is 3. The summed E-state index contributed by atoms with van der Waals surface area (Å²) in [6, 6.07) is 11.9. The van der Waals surface area contributed by atoms with E-state index in [4.69, 9.17) is 30.4 Å². The second-order valence-corrected chi connectivity index (χ2v) is 13.0. The van der Waals surface area contributed by atoms with Crippen molar-refractivity contribution in [3.05, 3.63) is 72.3 Å². The SMILES string of the molecule is COCCOC(=O)Nc1ccc(-c2ccc(C(N)=O)c(OC3CC4(CC(NC(=O)C(=CN)c5ccc(OCC(C)(C)O)cn5)C4)C3)c2)cn1. The lowest BCUT2D eigenvalue weighted by molar-refractivity contribution is -0.122. The number of pyridine rings is 2. The van der Waals surface area contributed by atoms with Gasteiger partial charge in [-0.2, -0.15) is 0 Å². The first-order valence-corrected chi connectivity index (χ1v) is 15.9. The highest BCUT2D eigenvalue weighted by atomic mass is 16.6. The summed E-state index contributed by atoms with van der Waals surface area (Å²) in [7, 11) is 1.52. The van der Waals surface area contributed by atoms with Crippen LogP contribution in [0.4, 0.5) is 10.6 Å². The van der Waals surface area contributed by atoms with Gasteiger partial charge in [-0.15, -0.1) is 0 Å². The predicted octanol–water partition coefficient (Wildman–Crippen LogP) is 3.39. The molecule has 2 aliphatic carbocycles. The Balaban J connectivity index is 1.12. The molecule has 0 bridgehead atoms. The number of nitrogens with two attached hydrogens (primary N) is 2. The number of primary amides is 1. The van der Waals surface area contributed by atoms with Crippen LogP contribution in [0.25, 0.3) is 16.7 Å². The maximum atomic E-state index is 13.0. The average molecular weight is 675 g/mol. The molecule has 3 aromatic rings. The normalized spacial score (nSPS) is 20.0. The Morgan fingerprint density at radius 1 is 1.02 bits per heavy atom. The minimum Gasteiger partial charge on any atom is -0.490 e. The first-order valence-electron chi connectivity index (χ1n) is 15.9. The van der Waals surface area contributed by atoms with Crippen LogP contribution in [0.1, 0.15) is 55.6 Å². The van der Waals surface area contributed by atoms with Gasteiger partial charge in [0.1, 0.15) is 30.5 Å². The summed E-state index contributed by atoms with van der Waals surface area (Å²) >= 11 is 0. The van der Waals surface area contributed by atoms with Gasteiger partial charge in [0.2, 0.25) is 0 Å². The lowest BCUT2D eigenvalue weighted by Crippen LogP contribution is -2.58. The Hall–Kier alpha value is -5.21. The molecule has 14 heteroatoms. The van der Waals surface area contributed by atoms with E-state index in [-0.39, 0.29) is 47.8 Å². The molecule has 0 aliphatic heterocycles. The largest absolute Gasteiger partial charge is 0.490 e. The van der Waals surface area contributed by atoms with Crippen molar-refractivity contribution in [2.45, 2.75) is 57.3 Å². The van der Waals surface area contributed by atoms with Gasteiger partial charge in [-0.1, -0.05) is 6.07 Å². The molecule has 14 nitrogen and oxygen atoms in total. The van der Waals surface area contributed by atoms with Crippen LogP contribution in [0.5, 0.6) is 11.5 Å². The molecule has 3 amide bonds. The summed E-state index contributed by atoms with van der Waals surface area (Å²) in [5.41, 5.74) is 13.0. The Bertz CT molecular complexity index is 1670. The van der Waals surface area contributed by atoms with E-state index >= 15 is 0 Å². The third-order valence-electron chi connectivity index (χ3n) is 8.42. The van der Waals surface area contributed by atoms with Crippen molar-refractivity contribution in [2.75, 3.05) is 32.2 Å². The monoisotopic (exact) mass is 674 g/mol. The molecular formula is C35H42N6O8. The van der Waals surface area contributed by atoms with E-state index in [2.05, 4.69) is 20.6 Å². The molecule has 7 N–H and O–H groups in total. The average Bonchev–Trinajstić information content (AvgIpc) is 3.02. The van der Waals surface area contributed by atoms with Crippen molar-refractivity contribution in [1.82, 2.24) is 15.3 Å². The maximum absolute atomic E-state index is 13.0. The van der Waals surface area contributed by atoms with E-state index in [1.165, 1.54) is 19.5 Å². The summed E-state index contributed by atoms with van der Waals surface area (Å²) in [6.45, 7) is 3.80. The van der Waals surface area contributed by atoms with Crippen LogP contribution in [-0.2, 0) is 14.3 Å². The molecule has 5 rings (SSSR count). The lowest BCUT2D eigenvalue weighted by atomic mass is 9.53. The summed E-state index contributed by atoms with van der Waals surface area (Å²) < 4.78 is 21.7. The number of methoxy groups -OCH3 is 1. The molecule has 0 radical (unpaired) electrons. The third kappa shape index (κ3) is 9.03. The minimum absolute atomic E-state index is 0.0144. The number of aromatic nitrogens is 2. The van der Waals surface area contributed by atoms with Crippen LogP contribution >= 0.6 is 0 Å². The van der Waals surface area contributed by atoms with Crippen LogP contribution in [0.3, 0.4) is 0 Å². The molecule has 0 atom stereocenters. The second-order valence-electron chi connectivity index (χ2n) is 13.0. The van der Waals surface area contributed by atoms with E-state index in [9.17, 15) is 19.5 Å². The number of aliphatic hydroxyl groups is 1. The number of hydrogen-bond acceptors (Lipinski definition) is 11. The Kier molecular flexibility index (Phi) is 10.7. The van der Waals surface area contributed by atoms with Gasteiger partial charge in [-0.25, -0.2) is 9.78 Å². The summed E-state index contributed by atoms with van der Waals surface area (Å²) in [4.78, 5) is 45.7. The number of ether oxygens (including phenoxy) is 4. The number of nitrogens with one attached hydrogen (secondary N) is 2. The lowest BCUT2D eigenvalue weighted by Gasteiger charge is -2.57. The number of rotatable bonds is 14. The van der Waals surface area contributed by atoms with Crippen LogP contribution in [0.2, 0.25) is 0 Å². The third-order valence-corrected chi connectivity index (χ3v) is 8.42. The smallest absolute Gasteiger partial charge is 0.412 e. The molecule has 2 saturated carbocycles. The van der Waals surface area contributed by atoms with E-state index < -0.39 is 17.6 Å². The van der Waals surface area contributed by atoms with Crippen LogP contribution in [-0.4, -0.2) is 77.7 Å². The molecule has 2 fully saturated rings. The zero-order valence-electron chi connectivity index (χ0n) is 27.7. The summed E-state index contributed by atoms with van der Waals surface area (Å²) in [5, 5.41) is 15.5. The van der Waals surface area contributed by atoms with Gasteiger partial charge >= 0.3 is 6.09 Å². The molecule has 0 saturated heterocycles. The molecular weight excluding hydrogens is 632 g/mol. The van der Waals surface area contributed by atoms with E-state index in [0.29, 0.717) is 29.6 Å². The summed E-state index contributed by atoms with van der Waals surface area (Å²) in [6.07, 6.45) is 6.72. The second kappa shape index (κ2) is 14.9. The number of carbonyl (C=O) groups excluding carboxylic acids is 3. The Morgan fingerprint density at radius 3 is 2.39 bits per heavy atom. The standard InChI is InChI=1S/C35H42N6O8/c1-34(2,45)20-48-24-6-8-28(38-19-24)27(17-36)32(43)40-23-13-35(14-23)15-25(16-35)49-29-12-21(4-7-26(29)31(37)42)22-5-9-30(39-18-22)41-33(44)47-11-10-46-3/h4-9,12,17-19,23,25,45H,10-11,13-16,20,36H2,1-3H3,(H2,37,42)(H,40,43)(H,39,41,44). The van der Waals surface area contributed by atoms with E-state index in [1.54, 1.807) is 62.5 Å². The number of benzene rings is 1. The van der Waals surface area contributed by atoms with Gasteiger partial charge in [0, 0.05) is 31.1 Å². The number of anilines is 1. The van der Waals surface area contributed by atoms with Crippen molar-refractivity contribution in [3.8, 4) is 22.6 Å². The van der Waals surface area contributed by atoms with Crippen molar-refractivity contribution in [3.63, 3.8) is 0 Å². The fraction of sp³-hybridized carbons (Fsp3) is 0.400. The van der Waals surface area contributed by atoms with Gasteiger partial charge in [-0.05, 0) is 86.9 Å². The van der Waals surface area contributed by atoms with Gasteiger partial charge in [-0.3, -0.25) is 19.9 Å². The molecule has 0 unspecified atom stereocenters. The Morgan fingerprint density at radius 2 is 1.78 bits per heavy atom.